The van der Waals surface area contributed by atoms with Crippen LogP contribution in [-0.2, 0) is 18.3 Å². The molecule has 0 bridgehead atoms. The topological polar surface area (TPSA) is 108 Å². The van der Waals surface area contributed by atoms with Gasteiger partial charge in [-0.25, -0.2) is 9.36 Å². The van der Waals surface area contributed by atoms with E-state index >= 15 is 0 Å². The molecule has 0 aliphatic heterocycles. The summed E-state index contributed by atoms with van der Waals surface area (Å²) in [4.78, 5) is 19.3. The number of halogens is 1. The molecule has 0 aromatic carbocycles. The molecular weight excluding hydrogens is 340 g/mol. The van der Waals surface area contributed by atoms with Crippen molar-refractivity contribution in [2.24, 2.45) is 5.73 Å². The summed E-state index contributed by atoms with van der Waals surface area (Å²) < 4.78 is 24.2. The molecule has 0 saturated heterocycles. The first-order valence-corrected chi connectivity index (χ1v) is 6.69. The van der Waals surface area contributed by atoms with Gasteiger partial charge < -0.3 is 15.4 Å². The molecule has 0 rings (SSSR count). The minimum Gasteiger partial charge on any atom is -0.458 e. The maximum absolute atomic E-state index is 11.0. The molecule has 1 unspecified atom stereocenters. The summed E-state index contributed by atoms with van der Waals surface area (Å²) in [6.07, 6.45) is 0.325. The molecule has 90 valence electrons. The Balaban J connectivity index is 3.48. The summed E-state index contributed by atoms with van der Waals surface area (Å²) in [6.45, 7) is 0.206. The van der Waals surface area contributed by atoms with Crippen molar-refractivity contribution in [2.45, 2.75) is 6.42 Å². The number of hydrogen-bond donors (Lipinski definition) is 2. The molecular formula is C6H13INO6P. The summed E-state index contributed by atoms with van der Waals surface area (Å²) in [7, 11) is -4.00. The van der Waals surface area contributed by atoms with Gasteiger partial charge in [0, 0.05) is 13.0 Å². The van der Waals surface area contributed by atoms with Gasteiger partial charge in [-0.15, -0.1) is 0 Å². The third kappa shape index (κ3) is 10.6. The van der Waals surface area contributed by atoms with E-state index in [4.69, 9.17) is 10.6 Å². The predicted octanol–water partition coefficient (Wildman–Crippen LogP) is 1.04. The molecule has 0 spiro atoms. The average Bonchev–Trinajstić information content (AvgIpc) is 2.14. The monoisotopic (exact) mass is 353 g/mol. The first-order valence-electron chi connectivity index (χ1n) is 4.12. The molecule has 0 heterocycles. The summed E-state index contributed by atoms with van der Waals surface area (Å²) in [5.74, 6) is 0. The standard InChI is InChI=1S/C6H13INO6P/c7-6(9)12-3-1-4-13-15(10,11)14-5-2-8/h1-5,8H2,(H,10,11). The van der Waals surface area contributed by atoms with Crippen LogP contribution in [0.4, 0.5) is 4.79 Å². The molecule has 0 aliphatic carbocycles. The fourth-order valence-electron chi connectivity index (χ4n) is 0.597. The lowest BCUT2D eigenvalue weighted by molar-refractivity contribution is 0.135. The van der Waals surface area contributed by atoms with Crippen molar-refractivity contribution in [1.29, 1.82) is 0 Å². The smallest absolute Gasteiger partial charge is 0.458 e. The van der Waals surface area contributed by atoms with Gasteiger partial charge in [-0.05, 0) is 0 Å². The van der Waals surface area contributed by atoms with Crippen LogP contribution < -0.4 is 5.73 Å². The molecule has 0 fully saturated rings. The van der Waals surface area contributed by atoms with E-state index in [2.05, 4.69) is 13.8 Å². The van der Waals surface area contributed by atoms with E-state index in [0.29, 0.717) is 6.42 Å². The van der Waals surface area contributed by atoms with E-state index in [9.17, 15) is 9.36 Å². The first kappa shape index (κ1) is 15.3. The number of nitrogens with two attached hydrogens (primary N) is 1. The van der Waals surface area contributed by atoms with Crippen LogP contribution in [0.25, 0.3) is 0 Å². The lowest BCUT2D eigenvalue weighted by Gasteiger charge is -2.10. The van der Waals surface area contributed by atoms with Crippen LogP contribution in [0.15, 0.2) is 0 Å². The fraction of sp³-hybridized carbons (Fsp3) is 0.833. The van der Waals surface area contributed by atoms with E-state index in [1.807, 2.05) is 0 Å². The van der Waals surface area contributed by atoms with Crippen molar-refractivity contribution in [3.63, 3.8) is 0 Å². The zero-order valence-corrected chi connectivity index (χ0v) is 11.0. The molecule has 0 radical (unpaired) electrons. The second kappa shape index (κ2) is 8.43. The SMILES string of the molecule is NCCOP(=O)(O)OCCCOC(=O)I. The van der Waals surface area contributed by atoms with E-state index in [0.717, 1.165) is 0 Å². The van der Waals surface area contributed by atoms with E-state index in [1.165, 1.54) is 22.6 Å². The highest BCUT2D eigenvalue weighted by Crippen LogP contribution is 2.42. The third-order valence-corrected chi connectivity index (χ3v) is 2.46. The van der Waals surface area contributed by atoms with Crippen molar-refractivity contribution in [3.05, 3.63) is 0 Å². The van der Waals surface area contributed by atoms with Crippen LogP contribution in [0, 0.1) is 0 Å². The van der Waals surface area contributed by atoms with Crippen LogP contribution in [0.1, 0.15) is 6.42 Å². The lowest BCUT2D eigenvalue weighted by atomic mass is 10.5. The van der Waals surface area contributed by atoms with Gasteiger partial charge in [0.1, 0.15) is 0 Å². The molecule has 0 saturated carbocycles. The van der Waals surface area contributed by atoms with Crippen LogP contribution >= 0.6 is 30.4 Å². The Bertz CT molecular complexity index is 238. The van der Waals surface area contributed by atoms with Gasteiger partial charge >= 0.3 is 11.8 Å². The van der Waals surface area contributed by atoms with Gasteiger partial charge in [-0.3, -0.25) is 9.05 Å². The molecule has 3 N–H and O–H groups in total. The molecule has 7 nitrogen and oxygen atoms in total. The van der Waals surface area contributed by atoms with E-state index in [1.54, 1.807) is 0 Å². The zero-order chi connectivity index (χ0) is 11.7. The molecule has 9 heteroatoms. The fourth-order valence-corrected chi connectivity index (χ4v) is 1.59. The maximum atomic E-state index is 11.0. The van der Waals surface area contributed by atoms with Crippen LogP contribution in [0.2, 0.25) is 0 Å². The molecule has 0 amide bonds. The van der Waals surface area contributed by atoms with Crippen LogP contribution in [0.5, 0.6) is 0 Å². The van der Waals surface area contributed by atoms with Crippen LogP contribution in [0.3, 0.4) is 0 Å². The zero-order valence-electron chi connectivity index (χ0n) is 7.93. The highest BCUT2D eigenvalue weighted by atomic mass is 127. The van der Waals surface area contributed by atoms with Gasteiger partial charge in [0.2, 0.25) is 0 Å². The Labute approximate surface area is 101 Å². The van der Waals surface area contributed by atoms with Crippen LogP contribution in [-0.4, -0.2) is 35.2 Å². The maximum Gasteiger partial charge on any atom is 0.472 e. The summed E-state index contributed by atoms with van der Waals surface area (Å²) in [5, 5.41) is 0. The largest absolute Gasteiger partial charge is 0.472 e. The average molecular weight is 353 g/mol. The van der Waals surface area contributed by atoms with E-state index in [-0.39, 0.29) is 26.4 Å². The highest BCUT2D eigenvalue weighted by molar-refractivity contribution is 14.1. The molecule has 0 aliphatic rings. The Hall–Kier alpha value is 0.270. The quantitative estimate of drug-likeness (QED) is 0.291. The minimum atomic E-state index is -4.00. The second-order valence-electron chi connectivity index (χ2n) is 2.36. The molecule has 1 atom stereocenters. The van der Waals surface area contributed by atoms with Crippen molar-refractivity contribution in [3.8, 4) is 0 Å². The molecule has 0 aromatic rings. The predicted molar refractivity (Wildman–Crippen MR) is 60.8 cm³/mol. The van der Waals surface area contributed by atoms with Crippen molar-refractivity contribution in [2.75, 3.05) is 26.4 Å². The number of phosphoric acid groups is 1. The normalized spacial score (nSPS) is 14.6. The van der Waals surface area contributed by atoms with Crippen molar-refractivity contribution in [1.82, 2.24) is 0 Å². The lowest BCUT2D eigenvalue weighted by Crippen LogP contribution is -2.09. The van der Waals surface area contributed by atoms with Gasteiger partial charge in [-0.1, -0.05) is 0 Å². The van der Waals surface area contributed by atoms with Gasteiger partial charge in [0.15, 0.2) is 0 Å². The van der Waals surface area contributed by atoms with Gasteiger partial charge in [-0.2, -0.15) is 0 Å². The number of phosphoric ester groups is 1. The second-order valence-corrected chi connectivity index (χ2v) is 4.70. The van der Waals surface area contributed by atoms with E-state index < -0.39 is 11.8 Å². The number of rotatable bonds is 8. The number of ether oxygens (including phenoxy) is 1. The van der Waals surface area contributed by atoms with Crippen molar-refractivity contribution >= 4 is 34.4 Å². The Morgan fingerprint density at radius 2 is 1.93 bits per heavy atom. The number of hydrogen-bond acceptors (Lipinski definition) is 6. The number of carbonyl (C=O) groups is 1. The number of carbonyl (C=O) groups excluding carboxylic acids is 1. The third-order valence-electron chi connectivity index (χ3n) is 1.13. The summed E-state index contributed by atoms with van der Waals surface area (Å²) >= 11 is 1.48. The summed E-state index contributed by atoms with van der Waals surface area (Å²) in [6, 6.07) is 0. The molecule has 15 heavy (non-hydrogen) atoms. The Morgan fingerprint density at radius 3 is 2.47 bits per heavy atom. The van der Waals surface area contributed by atoms with Gasteiger partial charge in [0.25, 0.3) is 0 Å². The minimum absolute atomic E-state index is 0.0255. The molecule has 0 aromatic heterocycles. The van der Waals surface area contributed by atoms with Crippen molar-refractivity contribution < 1.29 is 28.0 Å². The highest BCUT2D eigenvalue weighted by Gasteiger charge is 2.19. The Kier molecular flexibility index (Phi) is 8.58. The first-order chi connectivity index (χ1) is 6.98. The summed E-state index contributed by atoms with van der Waals surface area (Å²) in [5.41, 5.74) is 5.07. The Morgan fingerprint density at radius 1 is 1.33 bits per heavy atom. The van der Waals surface area contributed by atoms with Gasteiger partial charge in [0.05, 0.1) is 42.4 Å².